The predicted octanol–water partition coefficient (Wildman–Crippen LogP) is 2.59. The van der Waals surface area contributed by atoms with Gasteiger partial charge < -0.3 is 9.64 Å². The molecule has 0 aromatic heterocycles. The normalized spacial score (nSPS) is 19.9. The van der Waals surface area contributed by atoms with E-state index in [9.17, 15) is 9.59 Å². The van der Waals surface area contributed by atoms with Gasteiger partial charge in [-0.15, -0.1) is 0 Å². The minimum atomic E-state index is -0.178. The van der Waals surface area contributed by atoms with Crippen LogP contribution in [0.1, 0.15) is 38.2 Å². The molecule has 1 aliphatic heterocycles. The van der Waals surface area contributed by atoms with Crippen molar-refractivity contribution in [2.24, 2.45) is 5.92 Å². The number of carbonyl (C=O) groups excluding carboxylic acids is 2. The second kappa shape index (κ2) is 7.25. The Kier molecular flexibility index (Phi) is 5.37. The largest absolute Gasteiger partial charge is 0.466 e. The summed E-state index contributed by atoms with van der Waals surface area (Å²) >= 11 is 0. The molecule has 0 aliphatic carbocycles. The molecule has 0 spiro atoms. The van der Waals surface area contributed by atoms with Crippen molar-refractivity contribution in [2.45, 2.75) is 32.6 Å². The van der Waals surface area contributed by atoms with Crippen LogP contribution < -0.4 is 0 Å². The van der Waals surface area contributed by atoms with Gasteiger partial charge in [-0.3, -0.25) is 9.59 Å². The zero-order chi connectivity index (χ0) is 15.2. The molecule has 2 atom stereocenters. The lowest BCUT2D eigenvalue weighted by Crippen LogP contribution is -2.44. The van der Waals surface area contributed by atoms with Crippen molar-refractivity contribution in [3.05, 3.63) is 35.9 Å². The highest BCUT2D eigenvalue weighted by Crippen LogP contribution is 2.23. The quantitative estimate of drug-likeness (QED) is 0.800. The number of piperidine rings is 1. The first-order valence-electron chi connectivity index (χ1n) is 7.63. The van der Waals surface area contributed by atoms with Gasteiger partial charge in [-0.05, 0) is 32.3 Å². The fourth-order valence-corrected chi connectivity index (χ4v) is 2.79. The Labute approximate surface area is 126 Å². The molecule has 1 heterocycles. The molecule has 114 valence electrons. The van der Waals surface area contributed by atoms with E-state index in [1.54, 1.807) is 6.92 Å². The molecular formula is C17H23NO3. The molecule has 4 nitrogen and oxygen atoms in total. The number of likely N-dealkylation sites (tertiary alicyclic amines) is 1. The summed E-state index contributed by atoms with van der Waals surface area (Å²) in [7, 11) is 0. The Morgan fingerprint density at radius 3 is 2.71 bits per heavy atom. The van der Waals surface area contributed by atoms with Crippen molar-refractivity contribution in [3.63, 3.8) is 0 Å². The third-order valence-corrected chi connectivity index (χ3v) is 4.02. The fraction of sp³-hybridized carbons (Fsp3) is 0.529. The zero-order valence-corrected chi connectivity index (χ0v) is 12.7. The molecular weight excluding hydrogens is 266 g/mol. The highest BCUT2D eigenvalue weighted by molar-refractivity contribution is 5.84. The van der Waals surface area contributed by atoms with Gasteiger partial charge in [-0.1, -0.05) is 30.3 Å². The van der Waals surface area contributed by atoms with Crippen LogP contribution in [0.2, 0.25) is 0 Å². The van der Waals surface area contributed by atoms with Gasteiger partial charge in [0.25, 0.3) is 0 Å². The maximum atomic E-state index is 12.6. The van der Waals surface area contributed by atoms with E-state index in [0.717, 1.165) is 24.9 Å². The average Bonchev–Trinajstić information content (AvgIpc) is 2.54. The second-order valence-corrected chi connectivity index (χ2v) is 5.51. The molecule has 4 heteroatoms. The number of amides is 1. The first-order chi connectivity index (χ1) is 10.1. The van der Waals surface area contributed by atoms with Crippen LogP contribution in [0, 0.1) is 5.92 Å². The lowest BCUT2D eigenvalue weighted by molar-refractivity contribution is -0.151. The second-order valence-electron chi connectivity index (χ2n) is 5.51. The molecule has 0 saturated carbocycles. The average molecular weight is 289 g/mol. The Morgan fingerprint density at radius 2 is 2.05 bits per heavy atom. The number of rotatable bonds is 4. The summed E-state index contributed by atoms with van der Waals surface area (Å²) in [6, 6.07) is 9.76. The van der Waals surface area contributed by atoms with Gasteiger partial charge in [0.15, 0.2) is 0 Å². The standard InChI is InChI=1S/C17H23NO3/c1-3-21-17(20)15-10-7-11-18(12-15)16(19)13(2)14-8-5-4-6-9-14/h4-6,8-9,13,15H,3,7,10-12H2,1-2H3/t13?,15-/m1/s1. The van der Waals surface area contributed by atoms with Gasteiger partial charge in [-0.25, -0.2) is 0 Å². The molecule has 1 unspecified atom stereocenters. The van der Waals surface area contributed by atoms with Gasteiger partial charge >= 0.3 is 5.97 Å². The molecule has 21 heavy (non-hydrogen) atoms. The van der Waals surface area contributed by atoms with Crippen molar-refractivity contribution in [1.82, 2.24) is 4.90 Å². The first kappa shape index (κ1) is 15.5. The van der Waals surface area contributed by atoms with Crippen LogP contribution in [0.25, 0.3) is 0 Å². The summed E-state index contributed by atoms with van der Waals surface area (Å²) < 4.78 is 5.08. The third-order valence-electron chi connectivity index (χ3n) is 4.02. The number of hydrogen-bond donors (Lipinski definition) is 0. The maximum Gasteiger partial charge on any atom is 0.310 e. The van der Waals surface area contributed by atoms with E-state index < -0.39 is 0 Å². The van der Waals surface area contributed by atoms with Gasteiger partial charge in [0.1, 0.15) is 0 Å². The summed E-state index contributed by atoms with van der Waals surface area (Å²) in [5.41, 5.74) is 1.01. The fourth-order valence-electron chi connectivity index (χ4n) is 2.79. The molecule has 1 aliphatic rings. The SMILES string of the molecule is CCOC(=O)[C@@H]1CCCN(C(=O)C(C)c2ccccc2)C1. The first-order valence-corrected chi connectivity index (χ1v) is 7.63. The predicted molar refractivity (Wildman–Crippen MR) is 80.8 cm³/mol. The van der Waals surface area contributed by atoms with Gasteiger partial charge in [-0.2, -0.15) is 0 Å². The Balaban J connectivity index is 2.00. The Morgan fingerprint density at radius 1 is 1.33 bits per heavy atom. The highest BCUT2D eigenvalue weighted by atomic mass is 16.5. The number of esters is 1. The molecule has 1 aromatic rings. The van der Waals surface area contributed by atoms with Crippen LogP contribution in [-0.2, 0) is 14.3 Å². The lowest BCUT2D eigenvalue weighted by Gasteiger charge is -2.33. The molecule has 0 bridgehead atoms. The number of carbonyl (C=O) groups is 2. The number of nitrogens with zero attached hydrogens (tertiary/aromatic N) is 1. The Hall–Kier alpha value is -1.84. The number of hydrogen-bond acceptors (Lipinski definition) is 3. The van der Waals surface area contributed by atoms with Gasteiger partial charge in [0.2, 0.25) is 5.91 Å². The van der Waals surface area contributed by atoms with Crippen molar-refractivity contribution in [3.8, 4) is 0 Å². The smallest absolute Gasteiger partial charge is 0.310 e. The van der Waals surface area contributed by atoms with Crippen molar-refractivity contribution >= 4 is 11.9 Å². The lowest BCUT2D eigenvalue weighted by atomic mass is 9.94. The Bertz CT molecular complexity index is 486. The molecule has 1 fully saturated rings. The van der Waals surface area contributed by atoms with E-state index in [0.29, 0.717) is 13.2 Å². The van der Waals surface area contributed by atoms with Crippen LogP contribution in [0.5, 0.6) is 0 Å². The van der Waals surface area contributed by atoms with Crippen LogP contribution in [0.4, 0.5) is 0 Å². The molecule has 0 radical (unpaired) electrons. The zero-order valence-electron chi connectivity index (χ0n) is 12.7. The number of benzene rings is 1. The maximum absolute atomic E-state index is 12.6. The molecule has 1 aromatic carbocycles. The third kappa shape index (κ3) is 3.84. The highest BCUT2D eigenvalue weighted by Gasteiger charge is 2.31. The summed E-state index contributed by atoms with van der Waals surface area (Å²) in [6.45, 7) is 5.33. The monoisotopic (exact) mass is 289 g/mol. The van der Waals surface area contributed by atoms with E-state index in [1.165, 1.54) is 0 Å². The molecule has 2 rings (SSSR count). The summed E-state index contributed by atoms with van der Waals surface area (Å²) in [5.74, 6) is -0.435. The molecule has 1 saturated heterocycles. The molecule has 1 amide bonds. The minimum absolute atomic E-state index is 0.0928. The van der Waals surface area contributed by atoms with Crippen LogP contribution in [-0.4, -0.2) is 36.5 Å². The minimum Gasteiger partial charge on any atom is -0.466 e. The van der Waals surface area contributed by atoms with Crippen molar-refractivity contribution in [2.75, 3.05) is 19.7 Å². The van der Waals surface area contributed by atoms with Crippen LogP contribution in [0.3, 0.4) is 0 Å². The van der Waals surface area contributed by atoms with Crippen LogP contribution >= 0.6 is 0 Å². The van der Waals surface area contributed by atoms with Crippen molar-refractivity contribution in [1.29, 1.82) is 0 Å². The summed E-state index contributed by atoms with van der Waals surface area (Å²) in [5, 5.41) is 0. The summed E-state index contributed by atoms with van der Waals surface area (Å²) in [4.78, 5) is 26.3. The number of ether oxygens (including phenoxy) is 1. The van der Waals surface area contributed by atoms with E-state index in [2.05, 4.69) is 0 Å². The topological polar surface area (TPSA) is 46.6 Å². The van der Waals surface area contributed by atoms with Crippen LogP contribution in [0.15, 0.2) is 30.3 Å². The van der Waals surface area contributed by atoms with E-state index >= 15 is 0 Å². The van der Waals surface area contributed by atoms with E-state index in [1.807, 2.05) is 42.2 Å². The van der Waals surface area contributed by atoms with E-state index in [-0.39, 0.29) is 23.7 Å². The van der Waals surface area contributed by atoms with Gasteiger partial charge in [0, 0.05) is 13.1 Å². The summed E-state index contributed by atoms with van der Waals surface area (Å²) in [6.07, 6.45) is 1.67. The molecule has 0 N–H and O–H groups in total. The van der Waals surface area contributed by atoms with Gasteiger partial charge in [0.05, 0.1) is 18.4 Å². The van der Waals surface area contributed by atoms with Crippen molar-refractivity contribution < 1.29 is 14.3 Å². The van der Waals surface area contributed by atoms with E-state index in [4.69, 9.17) is 4.74 Å².